The number of fused-ring (bicyclic) bond motifs is 1. The van der Waals surface area contributed by atoms with Crippen LogP contribution in [0.1, 0.15) is 36.6 Å². The molecule has 2 N–H and O–H groups in total. The highest BCUT2D eigenvalue weighted by Crippen LogP contribution is 2.23. The number of amides is 1. The molecule has 1 fully saturated rings. The van der Waals surface area contributed by atoms with Crippen LogP contribution < -0.4 is 5.56 Å². The quantitative estimate of drug-likeness (QED) is 0.458. The van der Waals surface area contributed by atoms with Gasteiger partial charge in [0.15, 0.2) is 0 Å². The van der Waals surface area contributed by atoms with Crippen molar-refractivity contribution in [3.05, 3.63) is 81.5 Å². The van der Waals surface area contributed by atoms with Crippen LogP contribution in [-0.4, -0.2) is 43.6 Å². The number of piperidine rings is 1. The molecular formula is C26H28FN5O2. The second-order valence-electron chi connectivity index (χ2n) is 9.07. The smallest absolute Gasteiger partial charge is 0.277 e. The summed E-state index contributed by atoms with van der Waals surface area (Å²) in [6.45, 7) is 3.11. The van der Waals surface area contributed by atoms with Crippen LogP contribution in [0, 0.1) is 11.7 Å². The Morgan fingerprint density at radius 2 is 1.82 bits per heavy atom. The molecule has 5 rings (SSSR count). The van der Waals surface area contributed by atoms with Gasteiger partial charge in [-0.05, 0) is 67.9 Å². The monoisotopic (exact) mass is 461 g/mol. The van der Waals surface area contributed by atoms with Crippen molar-refractivity contribution in [2.24, 2.45) is 5.92 Å². The summed E-state index contributed by atoms with van der Waals surface area (Å²) in [6.07, 6.45) is 3.76. The SMILES string of the molecule is CC(=O)N1CCC(Cc2[nH]n(-c3nc4ccccc4[nH]3)c(=O)c2CCc2ccc(F)cc2)CC1. The second kappa shape index (κ2) is 9.29. The Bertz CT molecular complexity index is 1330. The zero-order valence-corrected chi connectivity index (χ0v) is 19.2. The lowest BCUT2D eigenvalue weighted by Crippen LogP contribution is -2.37. The molecule has 4 aromatic rings. The molecule has 1 aliphatic heterocycles. The number of aryl methyl sites for hydroxylation is 1. The third-order valence-corrected chi connectivity index (χ3v) is 6.79. The fourth-order valence-corrected chi connectivity index (χ4v) is 4.80. The van der Waals surface area contributed by atoms with E-state index >= 15 is 0 Å². The van der Waals surface area contributed by atoms with Crippen molar-refractivity contribution < 1.29 is 9.18 Å². The topological polar surface area (TPSA) is 86.8 Å². The van der Waals surface area contributed by atoms with Gasteiger partial charge in [-0.1, -0.05) is 24.3 Å². The number of hydrogen-bond acceptors (Lipinski definition) is 3. The molecule has 1 saturated heterocycles. The molecule has 0 unspecified atom stereocenters. The predicted molar refractivity (Wildman–Crippen MR) is 129 cm³/mol. The van der Waals surface area contributed by atoms with Crippen molar-refractivity contribution >= 4 is 16.9 Å². The molecule has 0 aliphatic carbocycles. The number of imidazole rings is 1. The first-order valence-electron chi connectivity index (χ1n) is 11.8. The summed E-state index contributed by atoms with van der Waals surface area (Å²) >= 11 is 0. The highest BCUT2D eigenvalue weighted by Gasteiger charge is 2.24. The number of nitrogens with zero attached hydrogens (tertiary/aromatic N) is 3. The van der Waals surface area contributed by atoms with Gasteiger partial charge in [0.1, 0.15) is 5.82 Å². The number of likely N-dealkylation sites (tertiary alicyclic amines) is 1. The van der Waals surface area contributed by atoms with E-state index in [0.29, 0.717) is 24.7 Å². The third kappa shape index (κ3) is 4.53. The van der Waals surface area contributed by atoms with Crippen LogP contribution in [0.2, 0.25) is 0 Å². The van der Waals surface area contributed by atoms with Crippen LogP contribution in [0.5, 0.6) is 0 Å². The second-order valence-corrected chi connectivity index (χ2v) is 9.07. The van der Waals surface area contributed by atoms with E-state index in [2.05, 4.69) is 15.1 Å². The lowest BCUT2D eigenvalue weighted by molar-refractivity contribution is -0.130. The summed E-state index contributed by atoms with van der Waals surface area (Å²) in [4.78, 5) is 34.9. The number of rotatable bonds is 6. The lowest BCUT2D eigenvalue weighted by Gasteiger charge is -2.31. The molecular weight excluding hydrogens is 433 g/mol. The first-order chi connectivity index (χ1) is 16.5. The van der Waals surface area contributed by atoms with Gasteiger partial charge in [-0.2, -0.15) is 4.68 Å². The first-order valence-corrected chi connectivity index (χ1v) is 11.8. The number of halogens is 1. The van der Waals surface area contributed by atoms with Crippen LogP contribution in [-0.2, 0) is 24.1 Å². The van der Waals surface area contributed by atoms with Gasteiger partial charge in [-0.3, -0.25) is 14.7 Å². The van der Waals surface area contributed by atoms with E-state index in [1.165, 1.54) is 16.8 Å². The number of benzene rings is 2. The minimum Gasteiger partial charge on any atom is -0.343 e. The van der Waals surface area contributed by atoms with Crippen LogP contribution >= 0.6 is 0 Å². The van der Waals surface area contributed by atoms with Crippen molar-refractivity contribution in [1.29, 1.82) is 0 Å². The number of aromatic nitrogens is 4. The van der Waals surface area contributed by atoms with Gasteiger partial charge in [0.2, 0.25) is 11.9 Å². The molecule has 2 aromatic heterocycles. The number of carbonyl (C=O) groups is 1. The molecule has 0 atom stereocenters. The van der Waals surface area contributed by atoms with E-state index in [9.17, 15) is 14.0 Å². The predicted octanol–water partition coefficient (Wildman–Crippen LogP) is 3.77. The van der Waals surface area contributed by atoms with E-state index < -0.39 is 0 Å². The third-order valence-electron chi connectivity index (χ3n) is 6.79. The van der Waals surface area contributed by atoms with Crippen LogP contribution in [0.3, 0.4) is 0 Å². The maximum Gasteiger partial charge on any atom is 0.277 e. The average molecular weight is 462 g/mol. The number of nitrogens with one attached hydrogen (secondary N) is 2. The Labute approximate surface area is 196 Å². The molecule has 1 aliphatic rings. The summed E-state index contributed by atoms with van der Waals surface area (Å²) in [5.41, 5.74) is 4.18. The number of aromatic amines is 2. The van der Waals surface area contributed by atoms with Gasteiger partial charge >= 0.3 is 0 Å². The van der Waals surface area contributed by atoms with E-state index in [-0.39, 0.29) is 17.3 Å². The number of carbonyl (C=O) groups excluding carboxylic acids is 1. The zero-order valence-electron chi connectivity index (χ0n) is 19.2. The van der Waals surface area contributed by atoms with Crippen molar-refractivity contribution in [2.45, 2.75) is 39.0 Å². The Morgan fingerprint density at radius 3 is 2.53 bits per heavy atom. The standard InChI is InChI=1S/C26H28FN5O2/c1-17(33)31-14-12-19(13-15-31)16-24-21(11-8-18-6-9-20(27)10-7-18)25(34)32(30-24)26-28-22-4-2-3-5-23(22)29-26/h2-7,9-10,19,30H,8,11-16H2,1H3,(H,28,29). The molecule has 3 heterocycles. The normalized spacial score (nSPS) is 14.7. The molecule has 0 bridgehead atoms. The summed E-state index contributed by atoms with van der Waals surface area (Å²) < 4.78 is 14.8. The molecule has 2 aromatic carbocycles. The summed E-state index contributed by atoms with van der Waals surface area (Å²) in [5, 5.41) is 3.32. The Kier molecular flexibility index (Phi) is 6.04. The highest BCUT2D eigenvalue weighted by molar-refractivity contribution is 5.76. The van der Waals surface area contributed by atoms with Gasteiger partial charge in [0.25, 0.3) is 5.56 Å². The highest BCUT2D eigenvalue weighted by atomic mass is 19.1. The number of H-pyrrole nitrogens is 2. The zero-order chi connectivity index (χ0) is 23.7. The van der Waals surface area contributed by atoms with E-state index in [1.54, 1.807) is 19.1 Å². The molecule has 0 saturated carbocycles. The fraction of sp³-hybridized carbons (Fsp3) is 0.346. The van der Waals surface area contributed by atoms with Gasteiger partial charge in [0, 0.05) is 31.3 Å². The van der Waals surface area contributed by atoms with Crippen molar-refractivity contribution in [3.8, 4) is 5.95 Å². The molecule has 8 heteroatoms. The molecule has 34 heavy (non-hydrogen) atoms. The molecule has 176 valence electrons. The van der Waals surface area contributed by atoms with Gasteiger partial charge in [-0.15, -0.1) is 0 Å². The van der Waals surface area contributed by atoms with Crippen molar-refractivity contribution in [3.63, 3.8) is 0 Å². The van der Waals surface area contributed by atoms with Crippen LogP contribution in [0.25, 0.3) is 17.0 Å². The van der Waals surface area contributed by atoms with Gasteiger partial charge in [-0.25, -0.2) is 9.37 Å². The molecule has 1 amide bonds. The Balaban J connectivity index is 1.44. The maximum atomic E-state index is 13.5. The summed E-state index contributed by atoms with van der Waals surface area (Å²) in [6, 6.07) is 14.1. The minimum atomic E-state index is -0.268. The lowest BCUT2D eigenvalue weighted by atomic mass is 9.90. The van der Waals surface area contributed by atoms with Crippen LogP contribution in [0.15, 0.2) is 53.3 Å². The Morgan fingerprint density at radius 1 is 1.09 bits per heavy atom. The largest absolute Gasteiger partial charge is 0.343 e. The van der Waals surface area contributed by atoms with Crippen molar-refractivity contribution in [1.82, 2.24) is 24.6 Å². The van der Waals surface area contributed by atoms with Crippen molar-refractivity contribution in [2.75, 3.05) is 13.1 Å². The van der Waals surface area contributed by atoms with E-state index in [4.69, 9.17) is 0 Å². The van der Waals surface area contributed by atoms with Gasteiger partial charge in [0.05, 0.1) is 11.0 Å². The minimum absolute atomic E-state index is 0.114. The maximum absolute atomic E-state index is 13.5. The van der Waals surface area contributed by atoms with Gasteiger partial charge < -0.3 is 9.88 Å². The Hall–Kier alpha value is -3.68. The molecule has 0 radical (unpaired) electrons. The fourth-order valence-electron chi connectivity index (χ4n) is 4.80. The first kappa shape index (κ1) is 22.1. The van der Waals surface area contributed by atoms with E-state index in [1.807, 2.05) is 29.2 Å². The number of hydrogen-bond donors (Lipinski definition) is 2. The molecule has 7 nitrogen and oxygen atoms in total. The number of para-hydroxylation sites is 2. The van der Waals surface area contributed by atoms with E-state index in [0.717, 1.165) is 60.2 Å². The summed E-state index contributed by atoms with van der Waals surface area (Å²) in [5.74, 6) is 0.701. The molecule has 0 spiro atoms. The average Bonchev–Trinajstić information content (AvgIpc) is 3.40. The van der Waals surface area contributed by atoms with Crippen LogP contribution in [0.4, 0.5) is 4.39 Å². The summed E-state index contributed by atoms with van der Waals surface area (Å²) in [7, 11) is 0.